The second kappa shape index (κ2) is 12.4. The van der Waals surface area contributed by atoms with Gasteiger partial charge in [0.2, 0.25) is 10.0 Å². The smallest absolute Gasteiger partial charge is 0.321 e. The predicted octanol–water partition coefficient (Wildman–Crippen LogP) is 2.76. The average Bonchev–Trinajstić information content (AvgIpc) is 2.87. The predicted molar refractivity (Wildman–Crippen MR) is 137 cm³/mol. The summed E-state index contributed by atoms with van der Waals surface area (Å²) in [6.07, 6.45) is -0.624. The van der Waals surface area contributed by atoms with E-state index >= 15 is 0 Å². The Morgan fingerprint density at radius 1 is 1.35 bits per heavy atom. The lowest BCUT2D eigenvalue weighted by Crippen LogP contribution is -2.50. The maximum absolute atomic E-state index is 14.0. The first kappa shape index (κ1) is 28.4. The molecular formula is C26H32FN3O6S. The van der Waals surface area contributed by atoms with E-state index in [-0.39, 0.29) is 48.6 Å². The lowest BCUT2D eigenvalue weighted by atomic mass is 10.0. The maximum atomic E-state index is 14.0. The van der Waals surface area contributed by atoms with Crippen molar-refractivity contribution in [2.45, 2.75) is 30.9 Å². The van der Waals surface area contributed by atoms with Gasteiger partial charge in [-0.25, -0.2) is 17.6 Å². The first-order valence-corrected chi connectivity index (χ1v) is 13.2. The molecule has 3 atom stereocenters. The zero-order chi connectivity index (χ0) is 27.2. The molecule has 1 heterocycles. The topological polar surface area (TPSA) is 108 Å². The molecule has 9 nitrogen and oxygen atoms in total. The van der Waals surface area contributed by atoms with Crippen molar-refractivity contribution in [2.75, 3.05) is 45.8 Å². The number of carbonyl (C=O) groups is 1. The summed E-state index contributed by atoms with van der Waals surface area (Å²) in [5.74, 6) is 4.90. The summed E-state index contributed by atoms with van der Waals surface area (Å²) in [6, 6.07) is 9.17. The van der Waals surface area contributed by atoms with Crippen LogP contribution in [0.15, 0.2) is 47.4 Å². The fourth-order valence-corrected chi connectivity index (χ4v) is 5.68. The van der Waals surface area contributed by atoms with E-state index in [4.69, 9.17) is 9.47 Å². The van der Waals surface area contributed by atoms with Crippen molar-refractivity contribution in [3.05, 3.63) is 53.8 Å². The number of likely N-dealkylation sites (N-methyl/N-ethyl adjacent to an activating group) is 1. The van der Waals surface area contributed by atoms with Gasteiger partial charge in [-0.3, -0.25) is 0 Å². The van der Waals surface area contributed by atoms with E-state index in [0.29, 0.717) is 5.56 Å². The second-order valence-corrected chi connectivity index (χ2v) is 10.8. The Hall–Kier alpha value is -3.17. The summed E-state index contributed by atoms with van der Waals surface area (Å²) in [4.78, 5) is 14.1. The number of methoxy groups -OCH3 is 1. The molecule has 0 spiro atoms. The van der Waals surface area contributed by atoms with Gasteiger partial charge in [0.15, 0.2) is 0 Å². The third-order valence-corrected chi connectivity index (χ3v) is 8.05. The Morgan fingerprint density at radius 2 is 2.08 bits per heavy atom. The van der Waals surface area contributed by atoms with Gasteiger partial charge >= 0.3 is 6.03 Å². The number of para-hydroxylation sites is 1. The molecule has 0 radical (unpaired) electrons. The quantitative estimate of drug-likeness (QED) is 0.553. The first-order chi connectivity index (χ1) is 17.6. The third-order valence-electron chi connectivity index (χ3n) is 6.03. The van der Waals surface area contributed by atoms with Gasteiger partial charge < -0.3 is 24.8 Å². The standard InChI is InChI=1S/C26H32FN3O6S/c1-18-15-30(19(2)17-31)37(33,34)25-12-11-20(8-7-13-35-4)14-23(25)36-24(18)16-29(3)26(32)28-22-10-6-5-9-21(22)27/h5-6,9-12,14,18-19,24,31H,13,15-17H2,1-4H3,(H,28,32)/t18-,19-,24+/m1/s1. The molecule has 1 aliphatic rings. The van der Waals surface area contributed by atoms with Crippen LogP contribution in [0.4, 0.5) is 14.9 Å². The molecule has 0 aromatic heterocycles. The molecule has 11 heteroatoms. The number of ether oxygens (including phenoxy) is 2. The van der Waals surface area contributed by atoms with Crippen LogP contribution in [0.2, 0.25) is 0 Å². The Labute approximate surface area is 217 Å². The number of hydrogen-bond acceptors (Lipinski definition) is 6. The number of rotatable bonds is 6. The van der Waals surface area contributed by atoms with Gasteiger partial charge in [-0.15, -0.1) is 0 Å². The van der Waals surface area contributed by atoms with Crippen molar-refractivity contribution >= 4 is 21.7 Å². The molecule has 200 valence electrons. The number of nitrogens with one attached hydrogen (secondary N) is 1. The number of sulfonamides is 1. The lowest BCUT2D eigenvalue weighted by molar-refractivity contribution is 0.0830. The van der Waals surface area contributed by atoms with Crippen LogP contribution >= 0.6 is 0 Å². The van der Waals surface area contributed by atoms with E-state index in [9.17, 15) is 22.7 Å². The van der Waals surface area contributed by atoms with Crippen molar-refractivity contribution in [2.24, 2.45) is 5.92 Å². The highest BCUT2D eigenvalue weighted by Gasteiger charge is 2.38. The van der Waals surface area contributed by atoms with Crippen molar-refractivity contribution in [1.29, 1.82) is 0 Å². The number of aliphatic hydroxyl groups is 1. The molecule has 0 fully saturated rings. The molecule has 0 saturated heterocycles. The SMILES string of the molecule is COCC#Cc1ccc2c(c1)O[C@@H](CN(C)C(=O)Nc1ccccc1F)[C@H](C)CN([C@H](C)CO)S2(=O)=O. The maximum Gasteiger partial charge on any atom is 0.321 e. The number of hydrogen-bond donors (Lipinski definition) is 2. The fourth-order valence-electron chi connectivity index (χ4n) is 3.86. The Balaban J connectivity index is 1.95. The Morgan fingerprint density at radius 3 is 2.76 bits per heavy atom. The number of nitrogens with zero attached hydrogens (tertiary/aromatic N) is 2. The van der Waals surface area contributed by atoms with E-state index in [1.54, 1.807) is 32.2 Å². The molecule has 37 heavy (non-hydrogen) atoms. The van der Waals surface area contributed by atoms with Crippen LogP contribution in [0, 0.1) is 23.6 Å². The minimum absolute atomic E-state index is 0.0460. The van der Waals surface area contributed by atoms with Gasteiger partial charge in [-0.1, -0.05) is 30.9 Å². The van der Waals surface area contributed by atoms with E-state index in [1.807, 2.05) is 6.92 Å². The Bertz CT molecular complexity index is 1280. The molecule has 0 bridgehead atoms. The van der Waals surface area contributed by atoms with Crippen LogP contribution in [-0.4, -0.2) is 81.4 Å². The number of anilines is 1. The normalized spacial score (nSPS) is 19.7. The minimum atomic E-state index is -4.00. The zero-order valence-corrected chi connectivity index (χ0v) is 22.1. The van der Waals surface area contributed by atoms with E-state index < -0.39 is 34.0 Å². The van der Waals surface area contributed by atoms with Crippen LogP contribution in [-0.2, 0) is 14.8 Å². The van der Waals surface area contributed by atoms with Gasteiger partial charge in [0.05, 0.1) is 18.8 Å². The van der Waals surface area contributed by atoms with Crippen molar-refractivity contribution < 1.29 is 32.2 Å². The molecule has 2 aromatic rings. The number of carbonyl (C=O) groups excluding carboxylic acids is 1. The molecule has 1 aliphatic heterocycles. The third kappa shape index (κ3) is 6.78. The van der Waals surface area contributed by atoms with Crippen LogP contribution in [0.5, 0.6) is 5.75 Å². The molecule has 0 saturated carbocycles. The molecular weight excluding hydrogens is 501 g/mol. The second-order valence-electron chi connectivity index (χ2n) is 8.93. The first-order valence-electron chi connectivity index (χ1n) is 11.8. The number of fused-ring (bicyclic) bond motifs is 1. The summed E-state index contributed by atoms with van der Waals surface area (Å²) in [5.41, 5.74) is 0.579. The van der Waals surface area contributed by atoms with E-state index in [1.165, 1.54) is 40.6 Å². The van der Waals surface area contributed by atoms with Gasteiger partial charge in [-0.2, -0.15) is 4.31 Å². The molecule has 0 aliphatic carbocycles. The average molecular weight is 534 g/mol. The number of aliphatic hydroxyl groups excluding tert-OH is 1. The number of benzene rings is 2. The summed E-state index contributed by atoms with van der Waals surface area (Å²) in [6.45, 7) is 3.43. The molecule has 2 aromatic carbocycles. The highest BCUT2D eigenvalue weighted by molar-refractivity contribution is 7.89. The number of halogens is 1. The van der Waals surface area contributed by atoms with E-state index in [0.717, 1.165) is 0 Å². The molecule has 2 N–H and O–H groups in total. The summed E-state index contributed by atoms with van der Waals surface area (Å²) in [7, 11) is -0.936. The number of urea groups is 1. The lowest BCUT2D eigenvalue weighted by Gasteiger charge is -2.37. The summed E-state index contributed by atoms with van der Waals surface area (Å²) >= 11 is 0. The largest absolute Gasteiger partial charge is 0.487 e. The zero-order valence-electron chi connectivity index (χ0n) is 21.3. The number of amides is 2. The van der Waals surface area contributed by atoms with Crippen LogP contribution < -0.4 is 10.1 Å². The van der Waals surface area contributed by atoms with Gasteiger partial charge in [0, 0.05) is 38.2 Å². The molecule has 0 unspecified atom stereocenters. The Kier molecular flexibility index (Phi) is 9.50. The van der Waals surface area contributed by atoms with Gasteiger partial charge in [0.1, 0.15) is 29.2 Å². The van der Waals surface area contributed by atoms with Gasteiger partial charge in [-0.05, 0) is 37.3 Å². The van der Waals surface area contributed by atoms with Crippen LogP contribution in [0.25, 0.3) is 0 Å². The van der Waals surface area contributed by atoms with E-state index in [2.05, 4.69) is 17.2 Å². The minimum Gasteiger partial charge on any atom is -0.487 e. The molecule has 3 rings (SSSR count). The van der Waals surface area contributed by atoms with Crippen molar-refractivity contribution in [1.82, 2.24) is 9.21 Å². The monoisotopic (exact) mass is 533 g/mol. The summed E-state index contributed by atoms with van der Waals surface area (Å²) < 4.78 is 53.5. The van der Waals surface area contributed by atoms with Crippen molar-refractivity contribution in [3.8, 4) is 17.6 Å². The molecule has 2 amide bonds. The van der Waals surface area contributed by atoms with Gasteiger partial charge in [0.25, 0.3) is 0 Å². The highest BCUT2D eigenvalue weighted by atomic mass is 32.2. The highest BCUT2D eigenvalue weighted by Crippen LogP contribution is 2.34. The summed E-state index contributed by atoms with van der Waals surface area (Å²) in [5, 5.41) is 12.3. The van der Waals surface area contributed by atoms with Crippen molar-refractivity contribution in [3.63, 3.8) is 0 Å². The fraction of sp³-hybridized carbons (Fsp3) is 0.423. The van der Waals surface area contributed by atoms with Crippen LogP contribution in [0.3, 0.4) is 0 Å². The van der Waals surface area contributed by atoms with Crippen LogP contribution in [0.1, 0.15) is 19.4 Å².